The summed E-state index contributed by atoms with van der Waals surface area (Å²) in [5, 5.41) is 0.448. The van der Waals surface area contributed by atoms with Crippen LogP contribution in [0.25, 0.3) is 0 Å². The van der Waals surface area contributed by atoms with E-state index in [0.29, 0.717) is 11.6 Å². The zero-order valence-electron chi connectivity index (χ0n) is 6.80. The largest absolute Gasteiger partial charge is 0.489 e. The van der Waals surface area contributed by atoms with Crippen molar-refractivity contribution in [1.29, 1.82) is 0 Å². The van der Waals surface area contributed by atoms with Crippen molar-refractivity contribution in [3.63, 3.8) is 0 Å². The van der Waals surface area contributed by atoms with Crippen LogP contribution in [0.3, 0.4) is 0 Å². The first-order valence-corrected chi connectivity index (χ1v) is 3.90. The Labute approximate surface area is 87.2 Å². The van der Waals surface area contributed by atoms with Crippen LogP contribution in [0.4, 0.5) is 4.39 Å². The monoisotopic (exact) mass is 225 g/mol. The third-order valence-electron chi connectivity index (χ3n) is 1.27. The highest BCUT2D eigenvalue weighted by atomic mass is 35.5. The molecule has 0 spiro atoms. The predicted molar refractivity (Wildman–Crippen MR) is 53.2 cm³/mol. The number of ether oxygens (including phenoxy) is 1. The Morgan fingerprint density at radius 1 is 1.46 bits per heavy atom. The number of hydrogen-bond donors (Lipinski definition) is 1. The normalized spacial score (nSPS) is 9.15. The third-order valence-corrected chi connectivity index (χ3v) is 1.50. The van der Waals surface area contributed by atoms with Gasteiger partial charge in [-0.3, -0.25) is 0 Å². The molecule has 0 aliphatic heterocycles. The maximum atomic E-state index is 12.9. The molecule has 0 saturated carbocycles. The average molecular weight is 226 g/mol. The average Bonchev–Trinajstić information content (AvgIpc) is 2.07. The van der Waals surface area contributed by atoms with Crippen molar-refractivity contribution < 1.29 is 9.13 Å². The number of nitrogens with two attached hydrogens (primary N) is 1. The molecular formula is C8H10Cl2FNO. The van der Waals surface area contributed by atoms with Gasteiger partial charge in [0.05, 0.1) is 0 Å². The van der Waals surface area contributed by atoms with E-state index in [2.05, 4.69) is 0 Å². The Morgan fingerprint density at radius 3 is 2.77 bits per heavy atom. The van der Waals surface area contributed by atoms with Crippen LogP contribution in [0.5, 0.6) is 5.75 Å². The highest BCUT2D eigenvalue weighted by Crippen LogP contribution is 2.21. The molecule has 0 unspecified atom stereocenters. The fourth-order valence-electron chi connectivity index (χ4n) is 0.757. The van der Waals surface area contributed by atoms with E-state index < -0.39 is 5.82 Å². The van der Waals surface area contributed by atoms with Gasteiger partial charge in [-0.15, -0.1) is 12.4 Å². The quantitative estimate of drug-likeness (QED) is 0.857. The van der Waals surface area contributed by atoms with Crippen LogP contribution in [-0.4, -0.2) is 13.2 Å². The van der Waals surface area contributed by atoms with Gasteiger partial charge in [-0.2, -0.15) is 0 Å². The lowest BCUT2D eigenvalue weighted by Crippen LogP contribution is -2.11. The van der Waals surface area contributed by atoms with Crippen LogP contribution in [0.1, 0.15) is 0 Å². The molecule has 0 amide bonds. The van der Waals surface area contributed by atoms with Crippen molar-refractivity contribution in [1.82, 2.24) is 0 Å². The van der Waals surface area contributed by atoms with Gasteiger partial charge in [-0.1, -0.05) is 11.6 Å². The van der Waals surface area contributed by atoms with Crippen LogP contribution in [-0.2, 0) is 0 Å². The molecule has 0 bridgehead atoms. The summed E-state index contributed by atoms with van der Waals surface area (Å²) in [5.41, 5.74) is 5.18. The van der Waals surface area contributed by atoms with Crippen molar-refractivity contribution in [2.75, 3.05) is 13.2 Å². The van der Waals surface area contributed by atoms with E-state index in [1.807, 2.05) is 0 Å². The number of halogens is 3. The molecular weight excluding hydrogens is 216 g/mol. The molecule has 0 radical (unpaired) electrons. The van der Waals surface area contributed by atoms with Crippen molar-refractivity contribution in [3.05, 3.63) is 29.0 Å². The molecule has 0 heterocycles. The SMILES string of the molecule is Cl.NCCOc1cc(Cl)ccc1F. The maximum Gasteiger partial charge on any atom is 0.165 e. The zero-order chi connectivity index (χ0) is 8.97. The summed E-state index contributed by atoms with van der Waals surface area (Å²) in [5.74, 6) is -0.277. The smallest absolute Gasteiger partial charge is 0.165 e. The second-order valence-electron chi connectivity index (χ2n) is 2.21. The minimum atomic E-state index is -0.423. The molecule has 1 aromatic rings. The van der Waals surface area contributed by atoms with E-state index in [9.17, 15) is 4.39 Å². The molecule has 5 heteroatoms. The van der Waals surface area contributed by atoms with Crippen molar-refractivity contribution in [2.45, 2.75) is 0 Å². The lowest BCUT2D eigenvalue weighted by atomic mass is 10.3. The van der Waals surface area contributed by atoms with E-state index in [1.54, 1.807) is 0 Å². The Bertz CT molecular complexity index is 270. The highest BCUT2D eigenvalue weighted by molar-refractivity contribution is 6.30. The fourth-order valence-corrected chi connectivity index (χ4v) is 0.919. The van der Waals surface area contributed by atoms with Gasteiger partial charge in [-0.25, -0.2) is 4.39 Å². The molecule has 0 aliphatic carbocycles. The molecule has 0 saturated heterocycles. The molecule has 2 nitrogen and oxygen atoms in total. The van der Waals surface area contributed by atoms with Crippen molar-refractivity contribution in [2.24, 2.45) is 5.73 Å². The minimum absolute atomic E-state index is 0. The summed E-state index contributed by atoms with van der Waals surface area (Å²) in [6.07, 6.45) is 0. The van der Waals surface area contributed by atoms with Crippen LogP contribution in [0.15, 0.2) is 18.2 Å². The molecule has 13 heavy (non-hydrogen) atoms. The van der Waals surface area contributed by atoms with E-state index in [1.165, 1.54) is 18.2 Å². The molecule has 2 N–H and O–H groups in total. The molecule has 1 aromatic carbocycles. The minimum Gasteiger partial charge on any atom is -0.489 e. The lowest BCUT2D eigenvalue weighted by molar-refractivity contribution is 0.311. The first kappa shape index (κ1) is 12.5. The van der Waals surface area contributed by atoms with Gasteiger partial charge in [0.1, 0.15) is 6.61 Å². The van der Waals surface area contributed by atoms with Crippen molar-refractivity contribution in [3.8, 4) is 5.75 Å². The summed E-state index contributed by atoms with van der Waals surface area (Å²) in [4.78, 5) is 0. The van der Waals surface area contributed by atoms with Gasteiger partial charge in [0.2, 0.25) is 0 Å². The first-order chi connectivity index (χ1) is 5.74. The van der Waals surface area contributed by atoms with Gasteiger partial charge in [0, 0.05) is 17.6 Å². The number of rotatable bonds is 3. The van der Waals surface area contributed by atoms with Crippen molar-refractivity contribution >= 4 is 24.0 Å². The van der Waals surface area contributed by atoms with E-state index >= 15 is 0 Å². The molecule has 1 rings (SSSR count). The van der Waals surface area contributed by atoms with Gasteiger partial charge < -0.3 is 10.5 Å². The zero-order valence-corrected chi connectivity index (χ0v) is 8.37. The molecule has 0 aromatic heterocycles. The third kappa shape index (κ3) is 3.81. The summed E-state index contributed by atoms with van der Waals surface area (Å²) in [6, 6.07) is 4.15. The van der Waals surface area contributed by atoms with Gasteiger partial charge in [0.15, 0.2) is 11.6 Å². The standard InChI is InChI=1S/C8H9ClFNO.ClH/c9-6-1-2-7(10)8(5-6)12-4-3-11;/h1-2,5H,3-4,11H2;1H. The number of benzene rings is 1. The summed E-state index contributed by atoms with van der Waals surface area (Å²) in [7, 11) is 0. The summed E-state index contributed by atoms with van der Waals surface area (Å²) < 4.78 is 17.9. The maximum absolute atomic E-state index is 12.9. The van der Waals surface area contributed by atoms with Gasteiger partial charge in [0.25, 0.3) is 0 Å². The van der Waals surface area contributed by atoms with Crippen LogP contribution in [0, 0.1) is 5.82 Å². The Kier molecular flexibility index (Phi) is 5.79. The highest BCUT2D eigenvalue weighted by Gasteiger charge is 2.02. The van der Waals surface area contributed by atoms with E-state index in [4.69, 9.17) is 22.1 Å². The molecule has 0 aliphatic rings. The molecule has 74 valence electrons. The fraction of sp³-hybridized carbons (Fsp3) is 0.250. The Balaban J connectivity index is 0.00000144. The van der Waals surface area contributed by atoms with E-state index in [0.717, 1.165) is 0 Å². The van der Waals surface area contributed by atoms with Crippen LogP contribution >= 0.6 is 24.0 Å². The van der Waals surface area contributed by atoms with E-state index in [-0.39, 0.29) is 24.8 Å². The Hall–Kier alpha value is -0.510. The second-order valence-corrected chi connectivity index (χ2v) is 2.65. The topological polar surface area (TPSA) is 35.2 Å². The van der Waals surface area contributed by atoms with Gasteiger partial charge >= 0.3 is 0 Å². The second kappa shape index (κ2) is 6.02. The summed E-state index contributed by atoms with van der Waals surface area (Å²) >= 11 is 5.62. The summed E-state index contributed by atoms with van der Waals surface area (Å²) in [6.45, 7) is 0.642. The molecule has 0 atom stereocenters. The molecule has 0 fully saturated rings. The first-order valence-electron chi connectivity index (χ1n) is 3.52. The lowest BCUT2D eigenvalue weighted by Gasteiger charge is -2.05. The predicted octanol–water partition coefficient (Wildman–Crippen LogP) is 2.24. The van der Waals surface area contributed by atoms with Crippen LogP contribution < -0.4 is 10.5 Å². The van der Waals surface area contributed by atoms with Gasteiger partial charge in [-0.05, 0) is 12.1 Å². The Morgan fingerprint density at radius 2 is 2.15 bits per heavy atom. The van der Waals surface area contributed by atoms with Crippen LogP contribution in [0.2, 0.25) is 5.02 Å². The number of hydrogen-bond acceptors (Lipinski definition) is 2.